The lowest BCUT2D eigenvalue weighted by atomic mass is 9.85. The molecule has 0 rings (SSSR count). The maximum Gasteiger partial charge on any atom is 0.133 e. The highest BCUT2D eigenvalue weighted by molar-refractivity contribution is 5.78. The molecule has 0 aliphatic rings. The Labute approximate surface area is 126 Å². The van der Waals surface area contributed by atoms with Crippen molar-refractivity contribution in [3.63, 3.8) is 0 Å². The van der Waals surface area contributed by atoms with Crippen molar-refractivity contribution in [1.29, 1.82) is 0 Å². The van der Waals surface area contributed by atoms with Gasteiger partial charge in [-0.05, 0) is 30.6 Å². The molecule has 0 saturated heterocycles. The molecule has 0 aromatic carbocycles. The molecular formula is C18H36O2. The van der Waals surface area contributed by atoms with Gasteiger partial charge in [-0.2, -0.15) is 0 Å². The molecule has 0 N–H and O–H groups in total. The molecular weight excluding hydrogens is 248 g/mol. The summed E-state index contributed by atoms with van der Waals surface area (Å²) >= 11 is 0. The van der Waals surface area contributed by atoms with E-state index in [2.05, 4.69) is 27.7 Å². The van der Waals surface area contributed by atoms with Crippen LogP contribution in [0.25, 0.3) is 0 Å². The normalized spacial score (nSPS) is 15.8. The molecule has 0 heterocycles. The molecule has 20 heavy (non-hydrogen) atoms. The predicted octanol–water partition coefficient (Wildman–Crippen LogP) is 5.25. The van der Waals surface area contributed by atoms with E-state index in [1.54, 1.807) is 7.11 Å². The molecule has 3 unspecified atom stereocenters. The lowest BCUT2D eigenvalue weighted by Gasteiger charge is -2.22. The van der Waals surface area contributed by atoms with Crippen LogP contribution in [0.5, 0.6) is 0 Å². The summed E-state index contributed by atoms with van der Waals surface area (Å²) < 4.78 is 5.30. The van der Waals surface area contributed by atoms with Gasteiger partial charge in [0.15, 0.2) is 0 Å². The van der Waals surface area contributed by atoms with Crippen molar-refractivity contribution >= 4 is 5.78 Å². The molecule has 0 aromatic rings. The number of Topliss-reactive ketones (excluding diaryl/α,β-unsaturated/α-hetero) is 1. The fraction of sp³-hybridized carbons (Fsp3) is 0.944. The molecule has 3 atom stereocenters. The number of carbonyl (C=O) groups excluding carboxylic acids is 1. The Morgan fingerprint density at radius 2 is 1.70 bits per heavy atom. The van der Waals surface area contributed by atoms with Gasteiger partial charge in [0, 0.05) is 26.6 Å². The number of hydrogen-bond acceptors (Lipinski definition) is 2. The van der Waals surface area contributed by atoms with Crippen LogP contribution in [-0.2, 0) is 9.53 Å². The first-order chi connectivity index (χ1) is 9.58. The largest absolute Gasteiger partial charge is 0.384 e. The van der Waals surface area contributed by atoms with Crippen LogP contribution in [-0.4, -0.2) is 19.5 Å². The van der Waals surface area contributed by atoms with E-state index in [4.69, 9.17) is 4.74 Å². The van der Waals surface area contributed by atoms with Gasteiger partial charge in [-0.15, -0.1) is 0 Å². The minimum absolute atomic E-state index is 0.448. The Kier molecular flexibility index (Phi) is 12.1. The smallest absolute Gasteiger partial charge is 0.133 e. The third-order valence-corrected chi connectivity index (χ3v) is 4.50. The number of hydrogen-bond donors (Lipinski definition) is 0. The summed E-state index contributed by atoms with van der Waals surface area (Å²) in [6, 6.07) is 0. The van der Waals surface area contributed by atoms with Crippen LogP contribution in [0, 0.1) is 17.8 Å². The van der Waals surface area contributed by atoms with Crippen LogP contribution >= 0.6 is 0 Å². The second-order valence-corrected chi connectivity index (χ2v) is 6.33. The quantitative estimate of drug-likeness (QED) is 0.461. The van der Waals surface area contributed by atoms with Crippen molar-refractivity contribution in [1.82, 2.24) is 0 Å². The van der Waals surface area contributed by atoms with Gasteiger partial charge in [-0.3, -0.25) is 4.79 Å². The van der Waals surface area contributed by atoms with Crippen LogP contribution in [0.1, 0.15) is 79.1 Å². The fourth-order valence-corrected chi connectivity index (χ4v) is 3.07. The first-order valence-electron chi connectivity index (χ1n) is 8.59. The monoisotopic (exact) mass is 284 g/mol. The van der Waals surface area contributed by atoms with E-state index in [0.717, 1.165) is 38.2 Å². The zero-order valence-corrected chi connectivity index (χ0v) is 14.4. The van der Waals surface area contributed by atoms with Crippen molar-refractivity contribution in [2.75, 3.05) is 13.7 Å². The first kappa shape index (κ1) is 19.6. The van der Waals surface area contributed by atoms with E-state index in [0.29, 0.717) is 17.6 Å². The number of rotatable bonds is 13. The van der Waals surface area contributed by atoms with Gasteiger partial charge in [0.1, 0.15) is 5.78 Å². The SMILES string of the molecule is CCCC(CC)CCC(=O)CC(C)C(CCC)COC. The summed E-state index contributed by atoms with van der Waals surface area (Å²) in [4.78, 5) is 12.2. The number of ketones is 1. The van der Waals surface area contributed by atoms with Gasteiger partial charge in [-0.25, -0.2) is 0 Å². The van der Waals surface area contributed by atoms with E-state index < -0.39 is 0 Å². The maximum atomic E-state index is 12.2. The molecule has 120 valence electrons. The van der Waals surface area contributed by atoms with Crippen LogP contribution in [0.2, 0.25) is 0 Å². The van der Waals surface area contributed by atoms with Crippen molar-refractivity contribution in [3.05, 3.63) is 0 Å². The molecule has 0 fully saturated rings. The second kappa shape index (κ2) is 12.4. The molecule has 0 bridgehead atoms. The van der Waals surface area contributed by atoms with E-state index in [9.17, 15) is 4.79 Å². The molecule has 0 spiro atoms. The van der Waals surface area contributed by atoms with Crippen molar-refractivity contribution < 1.29 is 9.53 Å². The van der Waals surface area contributed by atoms with Crippen molar-refractivity contribution in [3.8, 4) is 0 Å². The van der Waals surface area contributed by atoms with E-state index in [1.165, 1.54) is 25.7 Å². The highest BCUT2D eigenvalue weighted by atomic mass is 16.5. The minimum Gasteiger partial charge on any atom is -0.384 e. The molecule has 0 amide bonds. The zero-order valence-electron chi connectivity index (χ0n) is 14.4. The van der Waals surface area contributed by atoms with Crippen LogP contribution in [0.4, 0.5) is 0 Å². The lowest BCUT2D eigenvalue weighted by molar-refractivity contribution is -0.120. The standard InChI is InChI=1S/C18H36O2/c1-6-9-16(8-3)11-12-18(19)13-15(4)17(10-7-2)14-20-5/h15-17H,6-14H2,1-5H3. The Morgan fingerprint density at radius 1 is 1.05 bits per heavy atom. The number of methoxy groups -OCH3 is 1. The Bertz CT molecular complexity index is 232. The van der Waals surface area contributed by atoms with Crippen molar-refractivity contribution in [2.24, 2.45) is 17.8 Å². The zero-order chi connectivity index (χ0) is 15.4. The third kappa shape index (κ3) is 8.73. The Hall–Kier alpha value is -0.370. The van der Waals surface area contributed by atoms with Gasteiger partial charge in [0.05, 0.1) is 0 Å². The predicted molar refractivity (Wildman–Crippen MR) is 87.0 cm³/mol. The minimum atomic E-state index is 0.448. The van der Waals surface area contributed by atoms with E-state index >= 15 is 0 Å². The van der Waals surface area contributed by atoms with Gasteiger partial charge in [0.2, 0.25) is 0 Å². The average molecular weight is 284 g/mol. The lowest BCUT2D eigenvalue weighted by Crippen LogP contribution is -2.20. The van der Waals surface area contributed by atoms with Gasteiger partial charge >= 0.3 is 0 Å². The molecule has 0 saturated carbocycles. The highest BCUT2D eigenvalue weighted by Crippen LogP contribution is 2.24. The summed E-state index contributed by atoms with van der Waals surface area (Å²) in [7, 11) is 1.76. The highest BCUT2D eigenvalue weighted by Gasteiger charge is 2.19. The van der Waals surface area contributed by atoms with Crippen molar-refractivity contribution in [2.45, 2.75) is 79.1 Å². The number of ether oxygens (including phenoxy) is 1. The first-order valence-corrected chi connectivity index (χ1v) is 8.59. The van der Waals surface area contributed by atoms with Crippen LogP contribution < -0.4 is 0 Å². The Morgan fingerprint density at radius 3 is 2.20 bits per heavy atom. The number of carbonyl (C=O) groups is 1. The fourth-order valence-electron chi connectivity index (χ4n) is 3.07. The Balaban J connectivity index is 4.09. The van der Waals surface area contributed by atoms with Crippen LogP contribution in [0.15, 0.2) is 0 Å². The van der Waals surface area contributed by atoms with E-state index in [1.807, 2.05) is 0 Å². The molecule has 0 aromatic heterocycles. The average Bonchev–Trinajstić information content (AvgIpc) is 2.43. The van der Waals surface area contributed by atoms with Gasteiger partial charge in [-0.1, -0.05) is 53.4 Å². The van der Waals surface area contributed by atoms with Gasteiger partial charge < -0.3 is 4.74 Å². The van der Waals surface area contributed by atoms with E-state index in [-0.39, 0.29) is 0 Å². The molecule has 2 nitrogen and oxygen atoms in total. The maximum absolute atomic E-state index is 12.2. The molecule has 2 heteroatoms. The molecule has 0 aliphatic carbocycles. The molecule has 0 aliphatic heterocycles. The summed E-state index contributed by atoms with van der Waals surface area (Å²) in [5.74, 6) is 2.18. The third-order valence-electron chi connectivity index (χ3n) is 4.50. The second-order valence-electron chi connectivity index (χ2n) is 6.33. The molecule has 0 radical (unpaired) electrons. The summed E-state index contributed by atoms with van der Waals surface area (Å²) in [5, 5.41) is 0. The van der Waals surface area contributed by atoms with Crippen LogP contribution in [0.3, 0.4) is 0 Å². The summed E-state index contributed by atoms with van der Waals surface area (Å²) in [6.45, 7) is 9.67. The topological polar surface area (TPSA) is 26.3 Å². The van der Waals surface area contributed by atoms with Gasteiger partial charge in [0.25, 0.3) is 0 Å². The summed E-state index contributed by atoms with van der Waals surface area (Å²) in [6.07, 6.45) is 8.62. The summed E-state index contributed by atoms with van der Waals surface area (Å²) in [5.41, 5.74) is 0.